The number of nitrogens with zero attached hydrogens (tertiary/aromatic N) is 3. The summed E-state index contributed by atoms with van der Waals surface area (Å²) < 4.78 is 22.0. The Labute approximate surface area is 193 Å². The van der Waals surface area contributed by atoms with Gasteiger partial charge in [0.1, 0.15) is 17.8 Å². The summed E-state index contributed by atoms with van der Waals surface area (Å²) in [6.07, 6.45) is 1.44. The normalized spacial score (nSPS) is 13.8. The van der Waals surface area contributed by atoms with Crippen molar-refractivity contribution in [1.29, 1.82) is 0 Å². The average Bonchev–Trinajstić information content (AvgIpc) is 3.33. The van der Waals surface area contributed by atoms with Crippen LogP contribution in [0.25, 0.3) is 0 Å². The van der Waals surface area contributed by atoms with Crippen LogP contribution in [-0.2, 0) is 24.4 Å². The van der Waals surface area contributed by atoms with Crippen molar-refractivity contribution >= 4 is 5.91 Å². The Kier molecular flexibility index (Phi) is 7.59. The maximum Gasteiger partial charge on any atom is 0.275 e. The quantitative estimate of drug-likeness (QED) is 0.494. The van der Waals surface area contributed by atoms with E-state index in [1.54, 1.807) is 19.1 Å². The zero-order valence-corrected chi connectivity index (χ0v) is 19.0. The average molecular weight is 452 g/mol. The molecule has 33 heavy (non-hydrogen) atoms. The van der Waals surface area contributed by atoms with E-state index in [-0.39, 0.29) is 5.91 Å². The highest BCUT2D eigenvalue weighted by atomic mass is 16.5. The highest BCUT2D eigenvalue weighted by molar-refractivity contribution is 5.92. The molecule has 8 nitrogen and oxygen atoms in total. The molecular formula is C25H29N3O5. The fourth-order valence-electron chi connectivity index (χ4n) is 3.86. The molecule has 0 spiro atoms. The Morgan fingerprint density at radius 3 is 2.55 bits per heavy atom. The predicted octanol–water partition coefficient (Wildman–Crippen LogP) is 3.37. The molecule has 2 heterocycles. The third kappa shape index (κ3) is 5.91. The summed E-state index contributed by atoms with van der Waals surface area (Å²) in [4.78, 5) is 21.2. The van der Waals surface area contributed by atoms with Crippen LogP contribution in [-0.4, -0.2) is 61.2 Å². The summed E-state index contributed by atoms with van der Waals surface area (Å²) in [6, 6.07) is 15.9. The zero-order valence-electron chi connectivity index (χ0n) is 19.0. The summed E-state index contributed by atoms with van der Waals surface area (Å²) in [6.45, 7) is 3.92. The fourth-order valence-corrected chi connectivity index (χ4v) is 3.86. The third-order valence-corrected chi connectivity index (χ3v) is 5.56. The van der Waals surface area contributed by atoms with Crippen LogP contribution in [0, 0.1) is 0 Å². The zero-order chi connectivity index (χ0) is 23.0. The van der Waals surface area contributed by atoms with Crippen molar-refractivity contribution in [3.63, 3.8) is 0 Å². The van der Waals surface area contributed by atoms with E-state index in [1.807, 2.05) is 36.4 Å². The van der Waals surface area contributed by atoms with Gasteiger partial charge < -0.3 is 23.5 Å². The van der Waals surface area contributed by atoms with Gasteiger partial charge in [0, 0.05) is 31.7 Å². The van der Waals surface area contributed by atoms with Gasteiger partial charge in [-0.3, -0.25) is 9.69 Å². The summed E-state index contributed by atoms with van der Waals surface area (Å²) in [5, 5.41) is 0. The van der Waals surface area contributed by atoms with Crippen molar-refractivity contribution < 1.29 is 23.4 Å². The first kappa shape index (κ1) is 22.8. The molecule has 0 aliphatic carbocycles. The van der Waals surface area contributed by atoms with Gasteiger partial charge in [-0.05, 0) is 23.8 Å². The van der Waals surface area contributed by atoms with Crippen LogP contribution in [0.5, 0.6) is 11.5 Å². The van der Waals surface area contributed by atoms with Crippen molar-refractivity contribution in [3.05, 3.63) is 77.5 Å². The summed E-state index contributed by atoms with van der Waals surface area (Å²) >= 11 is 0. The van der Waals surface area contributed by atoms with E-state index in [9.17, 15) is 4.79 Å². The van der Waals surface area contributed by atoms with Crippen molar-refractivity contribution in [1.82, 2.24) is 14.8 Å². The minimum atomic E-state index is -0.127. The SMILES string of the molecule is COc1ccc(OC)c(CN(Cc2ccccc2)Cc2nc(C(=O)N3CCOCC3)co2)c1. The maximum absolute atomic E-state index is 12.7. The number of benzene rings is 2. The smallest absolute Gasteiger partial charge is 0.275 e. The van der Waals surface area contributed by atoms with Gasteiger partial charge >= 0.3 is 0 Å². The van der Waals surface area contributed by atoms with Crippen molar-refractivity contribution in [2.75, 3.05) is 40.5 Å². The number of rotatable bonds is 9. The second kappa shape index (κ2) is 11.0. The predicted molar refractivity (Wildman–Crippen MR) is 122 cm³/mol. The molecule has 1 saturated heterocycles. The Bertz CT molecular complexity index is 1050. The first-order valence-corrected chi connectivity index (χ1v) is 10.9. The molecule has 1 amide bonds. The van der Waals surface area contributed by atoms with Crippen LogP contribution < -0.4 is 9.47 Å². The van der Waals surface area contributed by atoms with Crippen LogP contribution in [0.1, 0.15) is 27.5 Å². The summed E-state index contributed by atoms with van der Waals surface area (Å²) in [5.74, 6) is 1.91. The van der Waals surface area contributed by atoms with Gasteiger partial charge in [0.05, 0.1) is 34.0 Å². The number of oxazole rings is 1. The molecule has 1 aliphatic rings. The number of ether oxygens (including phenoxy) is 3. The molecule has 1 fully saturated rings. The molecule has 1 aliphatic heterocycles. The molecule has 174 valence electrons. The fraction of sp³-hybridized carbons (Fsp3) is 0.360. The van der Waals surface area contributed by atoms with Crippen LogP contribution in [0.15, 0.2) is 59.2 Å². The lowest BCUT2D eigenvalue weighted by Crippen LogP contribution is -2.40. The van der Waals surface area contributed by atoms with Gasteiger partial charge in [0.2, 0.25) is 5.89 Å². The number of hydrogen-bond donors (Lipinski definition) is 0. The van der Waals surface area contributed by atoms with Crippen molar-refractivity contribution in [2.45, 2.75) is 19.6 Å². The van der Waals surface area contributed by atoms with Gasteiger partial charge in [0.25, 0.3) is 5.91 Å². The standard InChI is InChI=1S/C25H29N3O5/c1-30-21-8-9-23(31-2)20(14-21)16-27(15-19-6-4-3-5-7-19)17-24-26-22(18-33-24)25(29)28-10-12-32-13-11-28/h3-9,14,18H,10-13,15-17H2,1-2H3. The highest BCUT2D eigenvalue weighted by Crippen LogP contribution is 2.26. The largest absolute Gasteiger partial charge is 0.497 e. The molecule has 0 N–H and O–H groups in total. The van der Waals surface area contributed by atoms with E-state index in [4.69, 9.17) is 18.6 Å². The number of methoxy groups -OCH3 is 2. The van der Waals surface area contributed by atoms with E-state index in [0.717, 1.165) is 22.6 Å². The number of carbonyl (C=O) groups is 1. The van der Waals surface area contributed by atoms with Crippen molar-refractivity contribution in [3.8, 4) is 11.5 Å². The number of morpholine rings is 1. The first-order valence-electron chi connectivity index (χ1n) is 10.9. The van der Waals surface area contributed by atoms with Crippen LogP contribution >= 0.6 is 0 Å². The molecule has 0 atom stereocenters. The number of amides is 1. The molecule has 8 heteroatoms. The van der Waals surface area contributed by atoms with Gasteiger partial charge in [-0.1, -0.05) is 30.3 Å². The van der Waals surface area contributed by atoms with E-state index in [0.29, 0.717) is 57.5 Å². The topological polar surface area (TPSA) is 77.3 Å². The lowest BCUT2D eigenvalue weighted by atomic mass is 10.1. The Hall–Kier alpha value is -3.36. The van der Waals surface area contributed by atoms with Crippen molar-refractivity contribution in [2.24, 2.45) is 0 Å². The van der Waals surface area contributed by atoms with Gasteiger partial charge in [-0.2, -0.15) is 0 Å². The number of carbonyl (C=O) groups excluding carboxylic acids is 1. The molecule has 0 unspecified atom stereocenters. The second-order valence-corrected chi connectivity index (χ2v) is 7.84. The highest BCUT2D eigenvalue weighted by Gasteiger charge is 2.23. The minimum Gasteiger partial charge on any atom is -0.497 e. The number of aromatic nitrogens is 1. The Balaban J connectivity index is 1.53. The van der Waals surface area contributed by atoms with Crippen LogP contribution in [0.2, 0.25) is 0 Å². The lowest BCUT2D eigenvalue weighted by Gasteiger charge is -2.25. The summed E-state index contributed by atoms with van der Waals surface area (Å²) in [5.41, 5.74) is 2.48. The summed E-state index contributed by atoms with van der Waals surface area (Å²) in [7, 11) is 3.30. The van der Waals surface area contributed by atoms with E-state index >= 15 is 0 Å². The molecule has 0 saturated carbocycles. The molecule has 0 radical (unpaired) electrons. The molecule has 3 aromatic rings. The van der Waals surface area contributed by atoms with Gasteiger partial charge in [0.15, 0.2) is 5.69 Å². The van der Waals surface area contributed by atoms with E-state index < -0.39 is 0 Å². The van der Waals surface area contributed by atoms with Crippen LogP contribution in [0.4, 0.5) is 0 Å². The maximum atomic E-state index is 12.7. The van der Waals surface area contributed by atoms with E-state index in [2.05, 4.69) is 22.0 Å². The molecule has 0 bridgehead atoms. The monoisotopic (exact) mass is 451 g/mol. The Morgan fingerprint density at radius 2 is 1.82 bits per heavy atom. The second-order valence-electron chi connectivity index (χ2n) is 7.84. The molecule has 4 rings (SSSR count). The third-order valence-electron chi connectivity index (χ3n) is 5.56. The molecule has 2 aromatic carbocycles. The van der Waals surface area contributed by atoms with Gasteiger partial charge in [-0.15, -0.1) is 0 Å². The molecular weight excluding hydrogens is 422 g/mol. The van der Waals surface area contributed by atoms with Gasteiger partial charge in [-0.25, -0.2) is 4.98 Å². The molecule has 1 aromatic heterocycles. The first-order chi connectivity index (χ1) is 16.2. The Morgan fingerprint density at radius 1 is 1.03 bits per heavy atom. The minimum absolute atomic E-state index is 0.127. The van der Waals surface area contributed by atoms with Crippen LogP contribution in [0.3, 0.4) is 0 Å². The number of hydrogen-bond acceptors (Lipinski definition) is 7. The lowest BCUT2D eigenvalue weighted by molar-refractivity contribution is 0.0299. The van der Waals surface area contributed by atoms with E-state index in [1.165, 1.54) is 6.26 Å².